The van der Waals surface area contributed by atoms with E-state index in [-0.39, 0.29) is 0 Å². The molecule has 0 bridgehead atoms. The standard InChI is InChI=1S/C9H15N3OS/c10-9-11-6-8(14-9)7-12-2-1-4-13-5-3-12/h6H,1-5,7H2,(H2,10,11). The van der Waals surface area contributed by atoms with Crippen molar-refractivity contribution in [2.75, 3.05) is 32.0 Å². The Hall–Kier alpha value is -0.650. The highest BCUT2D eigenvalue weighted by molar-refractivity contribution is 7.15. The lowest BCUT2D eigenvalue weighted by Crippen LogP contribution is -2.25. The first-order chi connectivity index (χ1) is 6.84. The summed E-state index contributed by atoms with van der Waals surface area (Å²) in [6, 6.07) is 0. The van der Waals surface area contributed by atoms with E-state index in [2.05, 4.69) is 9.88 Å². The summed E-state index contributed by atoms with van der Waals surface area (Å²) in [4.78, 5) is 7.67. The SMILES string of the molecule is Nc1ncc(CN2CCCOCC2)s1. The van der Waals surface area contributed by atoms with Crippen LogP contribution in [0.25, 0.3) is 0 Å². The lowest BCUT2D eigenvalue weighted by molar-refractivity contribution is 0.140. The van der Waals surface area contributed by atoms with E-state index in [1.54, 1.807) is 11.3 Å². The van der Waals surface area contributed by atoms with Crippen LogP contribution < -0.4 is 5.73 Å². The molecule has 0 atom stereocenters. The molecule has 4 nitrogen and oxygen atoms in total. The summed E-state index contributed by atoms with van der Waals surface area (Å²) < 4.78 is 5.39. The summed E-state index contributed by atoms with van der Waals surface area (Å²) >= 11 is 1.57. The van der Waals surface area contributed by atoms with E-state index in [4.69, 9.17) is 10.5 Å². The number of aromatic nitrogens is 1. The van der Waals surface area contributed by atoms with E-state index in [9.17, 15) is 0 Å². The van der Waals surface area contributed by atoms with Crippen molar-refractivity contribution >= 4 is 16.5 Å². The van der Waals surface area contributed by atoms with E-state index in [0.717, 1.165) is 39.3 Å². The van der Waals surface area contributed by atoms with Gasteiger partial charge < -0.3 is 10.5 Å². The Bertz CT molecular complexity index is 281. The Kier molecular flexibility index (Phi) is 3.34. The van der Waals surface area contributed by atoms with E-state index < -0.39 is 0 Å². The zero-order valence-electron chi connectivity index (χ0n) is 8.11. The molecule has 1 fully saturated rings. The molecule has 0 unspecified atom stereocenters. The van der Waals surface area contributed by atoms with Gasteiger partial charge in [-0.3, -0.25) is 4.90 Å². The van der Waals surface area contributed by atoms with Gasteiger partial charge in [-0.15, -0.1) is 11.3 Å². The van der Waals surface area contributed by atoms with Crippen molar-refractivity contribution in [2.24, 2.45) is 0 Å². The zero-order valence-corrected chi connectivity index (χ0v) is 8.92. The van der Waals surface area contributed by atoms with Crippen LogP contribution in [0.15, 0.2) is 6.20 Å². The molecule has 78 valence electrons. The highest BCUT2D eigenvalue weighted by Gasteiger charge is 2.10. The molecule has 2 heterocycles. The summed E-state index contributed by atoms with van der Waals surface area (Å²) in [6.45, 7) is 4.81. The number of anilines is 1. The maximum Gasteiger partial charge on any atom is 0.180 e. The van der Waals surface area contributed by atoms with Crippen molar-refractivity contribution < 1.29 is 4.74 Å². The maximum atomic E-state index is 5.58. The van der Waals surface area contributed by atoms with Gasteiger partial charge in [-0.25, -0.2) is 4.98 Å². The first-order valence-corrected chi connectivity index (χ1v) is 5.66. The molecule has 14 heavy (non-hydrogen) atoms. The fourth-order valence-corrected chi connectivity index (χ4v) is 2.30. The number of hydrogen-bond acceptors (Lipinski definition) is 5. The molecule has 0 amide bonds. The molecule has 1 aliphatic rings. The minimum absolute atomic E-state index is 0.658. The number of nitrogen functional groups attached to an aromatic ring is 1. The van der Waals surface area contributed by atoms with Gasteiger partial charge in [0.1, 0.15) is 0 Å². The lowest BCUT2D eigenvalue weighted by Gasteiger charge is -2.17. The van der Waals surface area contributed by atoms with Gasteiger partial charge in [-0.2, -0.15) is 0 Å². The van der Waals surface area contributed by atoms with Crippen LogP contribution in [0.1, 0.15) is 11.3 Å². The second kappa shape index (κ2) is 4.72. The van der Waals surface area contributed by atoms with Crippen LogP contribution in [-0.4, -0.2) is 36.2 Å². The highest BCUT2D eigenvalue weighted by atomic mass is 32.1. The van der Waals surface area contributed by atoms with Crippen LogP contribution >= 0.6 is 11.3 Å². The largest absolute Gasteiger partial charge is 0.380 e. The fourth-order valence-electron chi connectivity index (χ4n) is 1.57. The molecule has 1 saturated heterocycles. The second-order valence-electron chi connectivity index (χ2n) is 3.41. The van der Waals surface area contributed by atoms with Crippen LogP contribution in [0.4, 0.5) is 5.13 Å². The highest BCUT2D eigenvalue weighted by Crippen LogP contribution is 2.16. The number of ether oxygens (including phenoxy) is 1. The zero-order chi connectivity index (χ0) is 9.80. The molecule has 1 aromatic heterocycles. The average molecular weight is 213 g/mol. The van der Waals surface area contributed by atoms with E-state index in [0.29, 0.717) is 5.13 Å². The summed E-state index contributed by atoms with van der Waals surface area (Å²) in [5.41, 5.74) is 5.58. The van der Waals surface area contributed by atoms with E-state index in [1.807, 2.05) is 6.20 Å². The van der Waals surface area contributed by atoms with Crippen LogP contribution in [0.3, 0.4) is 0 Å². The maximum absolute atomic E-state index is 5.58. The van der Waals surface area contributed by atoms with Crippen LogP contribution in [0.5, 0.6) is 0 Å². The van der Waals surface area contributed by atoms with Crippen molar-refractivity contribution in [3.05, 3.63) is 11.1 Å². The molecule has 1 aliphatic heterocycles. The smallest absolute Gasteiger partial charge is 0.180 e. The van der Waals surface area contributed by atoms with Crippen molar-refractivity contribution in [1.29, 1.82) is 0 Å². The first-order valence-electron chi connectivity index (χ1n) is 4.85. The van der Waals surface area contributed by atoms with Crippen LogP contribution in [0.2, 0.25) is 0 Å². The molecule has 0 saturated carbocycles. The predicted molar refractivity (Wildman–Crippen MR) is 57.2 cm³/mol. The van der Waals surface area contributed by atoms with Gasteiger partial charge in [-0.1, -0.05) is 0 Å². The summed E-state index contributed by atoms with van der Waals surface area (Å²) in [6.07, 6.45) is 2.99. The minimum atomic E-state index is 0.658. The van der Waals surface area contributed by atoms with Gasteiger partial charge in [0.25, 0.3) is 0 Å². The Balaban J connectivity index is 1.89. The van der Waals surface area contributed by atoms with Crippen molar-refractivity contribution in [3.63, 3.8) is 0 Å². The molecule has 0 aliphatic carbocycles. The quantitative estimate of drug-likeness (QED) is 0.794. The molecule has 1 aromatic rings. The number of rotatable bonds is 2. The molecule has 2 N–H and O–H groups in total. The van der Waals surface area contributed by atoms with Crippen molar-refractivity contribution in [2.45, 2.75) is 13.0 Å². The summed E-state index contributed by atoms with van der Waals surface area (Å²) in [7, 11) is 0. The minimum Gasteiger partial charge on any atom is -0.380 e. The van der Waals surface area contributed by atoms with Crippen molar-refractivity contribution in [3.8, 4) is 0 Å². The first kappa shape index (κ1) is 9.89. The molecular formula is C9H15N3OS. The van der Waals surface area contributed by atoms with Gasteiger partial charge >= 0.3 is 0 Å². The molecule has 0 aromatic carbocycles. The Morgan fingerprint density at radius 1 is 1.50 bits per heavy atom. The van der Waals surface area contributed by atoms with Gasteiger partial charge in [-0.05, 0) is 6.42 Å². The monoisotopic (exact) mass is 213 g/mol. The molecule has 5 heteroatoms. The third-order valence-electron chi connectivity index (χ3n) is 2.27. The van der Waals surface area contributed by atoms with Gasteiger partial charge in [0, 0.05) is 37.3 Å². The summed E-state index contributed by atoms with van der Waals surface area (Å²) in [5, 5.41) is 0.658. The van der Waals surface area contributed by atoms with Crippen molar-refractivity contribution in [1.82, 2.24) is 9.88 Å². The second-order valence-corrected chi connectivity index (χ2v) is 4.55. The molecule has 2 rings (SSSR count). The Morgan fingerprint density at radius 3 is 3.21 bits per heavy atom. The third kappa shape index (κ3) is 2.67. The third-order valence-corrected chi connectivity index (χ3v) is 3.08. The lowest BCUT2D eigenvalue weighted by atomic mass is 10.4. The van der Waals surface area contributed by atoms with Gasteiger partial charge in [0.15, 0.2) is 5.13 Å². The number of nitrogens with two attached hydrogens (primary N) is 1. The van der Waals surface area contributed by atoms with E-state index in [1.165, 1.54) is 4.88 Å². The number of hydrogen-bond donors (Lipinski definition) is 1. The fraction of sp³-hybridized carbons (Fsp3) is 0.667. The van der Waals surface area contributed by atoms with Crippen LogP contribution in [-0.2, 0) is 11.3 Å². The summed E-state index contributed by atoms with van der Waals surface area (Å²) in [5.74, 6) is 0. The van der Waals surface area contributed by atoms with Crippen LogP contribution in [0, 0.1) is 0 Å². The predicted octanol–water partition coefficient (Wildman–Crippen LogP) is 0.948. The van der Waals surface area contributed by atoms with Gasteiger partial charge in [0.2, 0.25) is 0 Å². The molecule has 0 spiro atoms. The molecular weight excluding hydrogens is 198 g/mol. The Labute approximate surface area is 87.7 Å². The average Bonchev–Trinajstić information content (AvgIpc) is 2.43. The number of nitrogens with zero attached hydrogens (tertiary/aromatic N) is 2. The molecule has 0 radical (unpaired) electrons. The number of thiazole rings is 1. The normalized spacial score (nSPS) is 19.4. The van der Waals surface area contributed by atoms with Gasteiger partial charge in [0.05, 0.1) is 6.61 Å². The van der Waals surface area contributed by atoms with E-state index >= 15 is 0 Å². The Morgan fingerprint density at radius 2 is 2.43 bits per heavy atom. The topological polar surface area (TPSA) is 51.4 Å².